The molecule has 2 aliphatic rings. The molecule has 0 spiro atoms. The van der Waals surface area contributed by atoms with Crippen molar-refractivity contribution in [2.24, 2.45) is 5.92 Å². The van der Waals surface area contributed by atoms with Crippen molar-refractivity contribution < 1.29 is 4.74 Å². The van der Waals surface area contributed by atoms with Gasteiger partial charge in [0.1, 0.15) is 5.75 Å². The maximum absolute atomic E-state index is 5.70. The number of hydrogen-bond acceptors (Lipinski definition) is 2. The molecule has 2 heteroatoms. The van der Waals surface area contributed by atoms with Gasteiger partial charge in [0, 0.05) is 18.0 Å². The maximum Gasteiger partial charge on any atom is 0.124 e. The lowest BCUT2D eigenvalue weighted by Gasteiger charge is -2.27. The van der Waals surface area contributed by atoms with E-state index in [4.69, 9.17) is 4.74 Å². The molecule has 1 atom stereocenters. The second kappa shape index (κ2) is 6.42. The molecular formula is C17H25NO. The molecule has 3 rings (SSSR count). The first kappa shape index (κ1) is 13.0. The molecule has 1 unspecified atom stereocenters. The van der Waals surface area contributed by atoms with Gasteiger partial charge in [-0.15, -0.1) is 0 Å². The largest absolute Gasteiger partial charge is 0.493 e. The second-order valence-electron chi connectivity index (χ2n) is 5.97. The van der Waals surface area contributed by atoms with Gasteiger partial charge in [0.05, 0.1) is 6.61 Å². The van der Waals surface area contributed by atoms with Crippen molar-refractivity contribution in [3.05, 3.63) is 29.8 Å². The van der Waals surface area contributed by atoms with Gasteiger partial charge in [-0.25, -0.2) is 0 Å². The van der Waals surface area contributed by atoms with E-state index in [1.54, 1.807) is 0 Å². The molecule has 1 aromatic rings. The molecule has 0 bridgehead atoms. The highest BCUT2D eigenvalue weighted by atomic mass is 16.5. The molecule has 1 aliphatic heterocycles. The quantitative estimate of drug-likeness (QED) is 0.805. The van der Waals surface area contributed by atoms with Crippen LogP contribution in [0.3, 0.4) is 0 Å². The zero-order valence-electron chi connectivity index (χ0n) is 11.7. The van der Waals surface area contributed by atoms with E-state index >= 15 is 0 Å². The van der Waals surface area contributed by atoms with Gasteiger partial charge in [-0.1, -0.05) is 43.9 Å². The Morgan fingerprint density at radius 2 is 1.95 bits per heavy atom. The second-order valence-corrected chi connectivity index (χ2v) is 5.97. The first-order valence-corrected chi connectivity index (χ1v) is 7.88. The van der Waals surface area contributed by atoms with Crippen molar-refractivity contribution in [2.75, 3.05) is 13.2 Å². The van der Waals surface area contributed by atoms with Crippen LogP contribution in [0.4, 0.5) is 0 Å². The van der Waals surface area contributed by atoms with Crippen LogP contribution in [0.15, 0.2) is 24.3 Å². The normalized spacial score (nSPS) is 23.1. The monoisotopic (exact) mass is 259 g/mol. The van der Waals surface area contributed by atoms with Gasteiger partial charge in [0.25, 0.3) is 0 Å². The molecule has 0 saturated heterocycles. The van der Waals surface area contributed by atoms with Crippen molar-refractivity contribution in [1.82, 2.24) is 5.32 Å². The molecule has 2 nitrogen and oxygen atoms in total. The summed E-state index contributed by atoms with van der Waals surface area (Å²) in [5.41, 5.74) is 1.34. The Labute approximate surface area is 116 Å². The van der Waals surface area contributed by atoms with Crippen LogP contribution in [0.2, 0.25) is 0 Å². The molecule has 1 saturated carbocycles. The lowest BCUT2D eigenvalue weighted by molar-refractivity contribution is 0.252. The summed E-state index contributed by atoms with van der Waals surface area (Å²) in [5.74, 6) is 2.09. The third kappa shape index (κ3) is 3.30. The van der Waals surface area contributed by atoms with Gasteiger partial charge in [-0.05, 0) is 31.4 Å². The number of ether oxygens (including phenoxy) is 1. The highest BCUT2D eigenvalue weighted by Gasteiger charge is 2.20. The van der Waals surface area contributed by atoms with Crippen LogP contribution in [-0.4, -0.2) is 13.2 Å². The summed E-state index contributed by atoms with van der Waals surface area (Å²) in [5, 5.41) is 3.72. The molecule has 1 N–H and O–H groups in total. The molecule has 0 radical (unpaired) electrons. The fraction of sp³-hybridized carbons (Fsp3) is 0.647. The summed E-state index contributed by atoms with van der Waals surface area (Å²) in [6.45, 7) is 1.99. The standard InChI is InChI=1S/C17H25NO/c1-2-7-14(6-1)8-5-12-18-16-11-13-19-17-10-4-3-9-15(16)17/h3-4,9-10,14,16,18H,1-2,5-8,11-13H2. The van der Waals surface area contributed by atoms with Gasteiger partial charge in [0.2, 0.25) is 0 Å². The van der Waals surface area contributed by atoms with Crippen LogP contribution < -0.4 is 10.1 Å². The average molecular weight is 259 g/mol. The summed E-state index contributed by atoms with van der Waals surface area (Å²) in [7, 11) is 0. The van der Waals surface area contributed by atoms with Crippen molar-refractivity contribution in [3.8, 4) is 5.75 Å². The van der Waals surface area contributed by atoms with E-state index in [0.29, 0.717) is 6.04 Å². The van der Waals surface area contributed by atoms with Crippen molar-refractivity contribution in [1.29, 1.82) is 0 Å². The van der Waals surface area contributed by atoms with Crippen molar-refractivity contribution >= 4 is 0 Å². The number of nitrogens with one attached hydrogen (secondary N) is 1. The Morgan fingerprint density at radius 1 is 1.11 bits per heavy atom. The molecular weight excluding hydrogens is 234 g/mol. The minimum atomic E-state index is 0.494. The van der Waals surface area contributed by atoms with E-state index in [2.05, 4.69) is 29.6 Å². The Kier molecular flexibility index (Phi) is 4.39. The van der Waals surface area contributed by atoms with Crippen LogP contribution in [0.1, 0.15) is 56.6 Å². The van der Waals surface area contributed by atoms with Crippen LogP contribution in [0.25, 0.3) is 0 Å². The molecule has 19 heavy (non-hydrogen) atoms. The molecule has 104 valence electrons. The topological polar surface area (TPSA) is 21.3 Å². The molecule has 0 amide bonds. The number of hydrogen-bond donors (Lipinski definition) is 1. The first-order chi connectivity index (χ1) is 9.43. The molecule has 1 fully saturated rings. The highest BCUT2D eigenvalue weighted by Crippen LogP contribution is 2.32. The SMILES string of the molecule is c1ccc2c(c1)OCCC2NCCCC1CCCC1. The van der Waals surface area contributed by atoms with Crippen LogP contribution >= 0.6 is 0 Å². The van der Waals surface area contributed by atoms with E-state index in [9.17, 15) is 0 Å². The Hall–Kier alpha value is -1.02. The smallest absolute Gasteiger partial charge is 0.124 e. The minimum absolute atomic E-state index is 0.494. The number of para-hydroxylation sites is 1. The van der Waals surface area contributed by atoms with E-state index in [-0.39, 0.29) is 0 Å². The zero-order chi connectivity index (χ0) is 12.9. The van der Waals surface area contributed by atoms with Crippen molar-refractivity contribution in [3.63, 3.8) is 0 Å². The Balaban J connectivity index is 1.45. The summed E-state index contributed by atoms with van der Waals surface area (Å²) < 4.78 is 5.70. The summed E-state index contributed by atoms with van der Waals surface area (Å²) in [6.07, 6.45) is 9.71. The van der Waals surface area contributed by atoms with Gasteiger partial charge < -0.3 is 10.1 Å². The highest BCUT2D eigenvalue weighted by molar-refractivity contribution is 5.37. The van der Waals surface area contributed by atoms with Crippen LogP contribution in [-0.2, 0) is 0 Å². The fourth-order valence-electron chi connectivity index (χ4n) is 3.52. The average Bonchev–Trinajstić information content (AvgIpc) is 2.97. The van der Waals surface area contributed by atoms with E-state index < -0.39 is 0 Å². The van der Waals surface area contributed by atoms with Crippen LogP contribution in [0, 0.1) is 5.92 Å². The van der Waals surface area contributed by atoms with Gasteiger partial charge in [-0.3, -0.25) is 0 Å². The summed E-state index contributed by atoms with van der Waals surface area (Å²) in [4.78, 5) is 0. The number of rotatable bonds is 5. The molecule has 1 aromatic carbocycles. The van der Waals surface area contributed by atoms with Gasteiger partial charge >= 0.3 is 0 Å². The van der Waals surface area contributed by atoms with E-state index in [1.807, 2.05) is 0 Å². The van der Waals surface area contributed by atoms with Crippen molar-refractivity contribution in [2.45, 2.75) is 51.0 Å². The lowest BCUT2D eigenvalue weighted by Crippen LogP contribution is -2.28. The minimum Gasteiger partial charge on any atom is -0.493 e. The predicted molar refractivity (Wildman–Crippen MR) is 78.5 cm³/mol. The zero-order valence-corrected chi connectivity index (χ0v) is 11.7. The van der Waals surface area contributed by atoms with Gasteiger partial charge in [-0.2, -0.15) is 0 Å². The third-order valence-corrected chi connectivity index (χ3v) is 4.61. The third-order valence-electron chi connectivity index (χ3n) is 4.61. The Bertz CT molecular complexity index is 398. The Morgan fingerprint density at radius 3 is 2.84 bits per heavy atom. The summed E-state index contributed by atoms with van der Waals surface area (Å²) in [6, 6.07) is 8.95. The van der Waals surface area contributed by atoms with Crippen LogP contribution in [0.5, 0.6) is 5.75 Å². The van der Waals surface area contributed by atoms with Gasteiger partial charge in [0.15, 0.2) is 0 Å². The molecule has 1 heterocycles. The number of fused-ring (bicyclic) bond motifs is 1. The number of benzene rings is 1. The summed E-state index contributed by atoms with van der Waals surface area (Å²) >= 11 is 0. The lowest BCUT2D eigenvalue weighted by atomic mass is 9.99. The molecule has 0 aromatic heterocycles. The van der Waals surface area contributed by atoms with E-state index in [1.165, 1.54) is 44.1 Å². The fourth-order valence-corrected chi connectivity index (χ4v) is 3.52. The predicted octanol–water partition coefficient (Wildman–Crippen LogP) is 4.07. The maximum atomic E-state index is 5.70. The molecule has 1 aliphatic carbocycles. The van der Waals surface area contributed by atoms with E-state index in [0.717, 1.165) is 31.2 Å². The first-order valence-electron chi connectivity index (χ1n) is 7.88.